The highest BCUT2D eigenvalue weighted by molar-refractivity contribution is 8.11. The van der Waals surface area contributed by atoms with Crippen molar-refractivity contribution >= 4 is 23.3 Å². The molecule has 2 N–H and O–H groups in total. The van der Waals surface area contributed by atoms with Crippen molar-refractivity contribution in [1.82, 2.24) is 5.32 Å². The van der Waals surface area contributed by atoms with E-state index in [9.17, 15) is 14.7 Å². The van der Waals surface area contributed by atoms with Crippen molar-refractivity contribution in [2.75, 3.05) is 19.4 Å². The van der Waals surface area contributed by atoms with Crippen molar-refractivity contribution in [2.24, 2.45) is 5.92 Å². The minimum atomic E-state index is -1.46. The normalized spacial score (nSPS) is 26.7. The fourth-order valence-corrected chi connectivity index (χ4v) is 4.74. The Morgan fingerprint density at radius 3 is 2.97 bits per heavy atom. The number of rotatable bonds is 12. The van der Waals surface area contributed by atoms with Gasteiger partial charge in [-0.25, -0.2) is 4.79 Å². The lowest BCUT2D eigenvalue weighted by Gasteiger charge is -2.41. The summed E-state index contributed by atoms with van der Waals surface area (Å²) in [7, 11) is 1.72. The lowest BCUT2D eigenvalue weighted by Crippen LogP contribution is -2.57. The van der Waals surface area contributed by atoms with Crippen LogP contribution < -0.4 is 5.32 Å². The smallest absolute Gasteiger partial charge is 0.334 e. The second-order valence-electron chi connectivity index (χ2n) is 8.27. The van der Waals surface area contributed by atoms with Crippen LogP contribution in [0.5, 0.6) is 0 Å². The monoisotopic (exact) mass is 439 g/mol. The van der Waals surface area contributed by atoms with Crippen molar-refractivity contribution in [2.45, 2.75) is 83.1 Å². The van der Waals surface area contributed by atoms with Gasteiger partial charge in [-0.1, -0.05) is 49.8 Å². The summed E-state index contributed by atoms with van der Waals surface area (Å²) in [5, 5.41) is 14.0. The second-order valence-corrected chi connectivity index (χ2v) is 9.13. The maximum Gasteiger partial charge on any atom is 0.334 e. The molecule has 2 aliphatic rings. The van der Waals surface area contributed by atoms with E-state index in [2.05, 4.69) is 31.3 Å². The minimum absolute atomic E-state index is 0.198. The summed E-state index contributed by atoms with van der Waals surface area (Å²) in [5.74, 6) is -0.727. The van der Waals surface area contributed by atoms with E-state index in [-0.39, 0.29) is 12.4 Å². The molecular formula is C23H37NO5S. The van der Waals surface area contributed by atoms with E-state index in [1.807, 2.05) is 0 Å². The lowest BCUT2D eigenvalue weighted by atomic mass is 9.96. The highest BCUT2D eigenvalue weighted by Gasteiger charge is 2.43. The van der Waals surface area contributed by atoms with Gasteiger partial charge in [-0.15, -0.1) is 0 Å². The molecule has 7 heteroatoms. The Bertz CT molecular complexity index is 635. The van der Waals surface area contributed by atoms with E-state index in [0.29, 0.717) is 24.7 Å². The van der Waals surface area contributed by atoms with Crippen LogP contribution in [0.15, 0.2) is 23.3 Å². The zero-order chi connectivity index (χ0) is 22.0. The van der Waals surface area contributed by atoms with Crippen LogP contribution in [0.2, 0.25) is 0 Å². The summed E-state index contributed by atoms with van der Waals surface area (Å²) in [6.45, 7) is 4.70. The third-order valence-corrected chi connectivity index (χ3v) is 6.77. The van der Waals surface area contributed by atoms with E-state index < -0.39 is 17.9 Å². The van der Waals surface area contributed by atoms with Crippen molar-refractivity contribution in [3.8, 4) is 0 Å². The number of nitrogens with one attached hydrogen (secondary N) is 1. The van der Waals surface area contributed by atoms with Gasteiger partial charge in [0, 0.05) is 24.2 Å². The second kappa shape index (κ2) is 12.6. The van der Waals surface area contributed by atoms with E-state index in [4.69, 9.17) is 9.47 Å². The summed E-state index contributed by atoms with van der Waals surface area (Å²) in [6.07, 6.45) is 10.5. The first kappa shape index (κ1) is 25.1. The van der Waals surface area contributed by atoms with Gasteiger partial charge in [0.2, 0.25) is 0 Å². The summed E-state index contributed by atoms with van der Waals surface area (Å²) in [4.78, 5) is 23.5. The molecule has 0 aromatic heterocycles. The number of thioether (sulfide) groups is 1. The fraction of sp³-hybridized carbons (Fsp3) is 0.739. The van der Waals surface area contributed by atoms with Gasteiger partial charge in [0.1, 0.15) is 6.10 Å². The Morgan fingerprint density at radius 1 is 1.47 bits per heavy atom. The standard InChI is InChI=1S/C23H37NO5S/c1-4-17(2)8-5-6-9-18-10-7-11-20(18)22(26)29-19-12-13-28-23(27,14-19)21(24-3)15-30-16-25/h5,8,16-17,19,21,24,27H,4,6-7,9-15H2,1-3H3/b8-5-. The van der Waals surface area contributed by atoms with Crippen LogP contribution in [0, 0.1) is 5.92 Å². The van der Waals surface area contributed by atoms with Crippen LogP contribution in [0.4, 0.5) is 0 Å². The molecule has 0 aromatic carbocycles. The van der Waals surface area contributed by atoms with Gasteiger partial charge >= 0.3 is 5.97 Å². The summed E-state index contributed by atoms with van der Waals surface area (Å²) >= 11 is 1.08. The summed E-state index contributed by atoms with van der Waals surface area (Å²) < 4.78 is 11.4. The number of carbonyl (C=O) groups is 2. The first-order valence-corrected chi connectivity index (χ1v) is 12.2. The fourth-order valence-electron chi connectivity index (χ4n) is 4.05. The first-order chi connectivity index (χ1) is 14.4. The van der Waals surface area contributed by atoms with Crippen LogP contribution in [0.3, 0.4) is 0 Å². The number of allylic oxidation sites excluding steroid dienone is 3. The van der Waals surface area contributed by atoms with Gasteiger partial charge in [-0.05, 0) is 45.1 Å². The van der Waals surface area contributed by atoms with Gasteiger partial charge in [0.25, 0.3) is 0 Å². The largest absolute Gasteiger partial charge is 0.459 e. The van der Waals surface area contributed by atoms with Crippen molar-refractivity contribution in [3.63, 3.8) is 0 Å². The number of hydrogen-bond acceptors (Lipinski definition) is 7. The molecular weight excluding hydrogens is 402 g/mol. The molecule has 1 fully saturated rings. The maximum absolute atomic E-state index is 12.8. The number of aliphatic hydroxyl groups is 1. The molecule has 4 atom stereocenters. The molecule has 1 saturated heterocycles. The molecule has 0 amide bonds. The van der Waals surface area contributed by atoms with E-state index in [0.717, 1.165) is 61.5 Å². The predicted molar refractivity (Wildman–Crippen MR) is 121 cm³/mol. The summed E-state index contributed by atoms with van der Waals surface area (Å²) in [5.41, 5.74) is 2.79. The zero-order valence-electron chi connectivity index (χ0n) is 18.5. The Morgan fingerprint density at radius 2 is 2.27 bits per heavy atom. The third kappa shape index (κ3) is 7.22. The predicted octanol–water partition coefficient (Wildman–Crippen LogP) is 3.77. The van der Waals surface area contributed by atoms with Crippen LogP contribution in [-0.2, 0) is 19.1 Å². The van der Waals surface area contributed by atoms with Crippen molar-refractivity contribution < 1.29 is 24.2 Å². The minimum Gasteiger partial charge on any atom is -0.459 e. The van der Waals surface area contributed by atoms with Crippen LogP contribution >= 0.6 is 11.8 Å². The number of ether oxygens (including phenoxy) is 2. The molecule has 0 aromatic rings. The maximum atomic E-state index is 12.8. The molecule has 0 bridgehead atoms. The molecule has 0 spiro atoms. The first-order valence-electron chi connectivity index (χ1n) is 11.1. The Balaban J connectivity index is 1.94. The molecule has 6 nitrogen and oxygen atoms in total. The third-order valence-electron chi connectivity index (χ3n) is 6.11. The topological polar surface area (TPSA) is 84.9 Å². The lowest BCUT2D eigenvalue weighted by molar-refractivity contribution is -0.257. The highest BCUT2D eigenvalue weighted by atomic mass is 32.2. The molecule has 0 radical (unpaired) electrons. The van der Waals surface area contributed by atoms with Gasteiger partial charge in [0.15, 0.2) is 11.4 Å². The molecule has 1 heterocycles. The highest BCUT2D eigenvalue weighted by Crippen LogP contribution is 2.33. The van der Waals surface area contributed by atoms with Gasteiger partial charge in [0.05, 0.1) is 12.6 Å². The van der Waals surface area contributed by atoms with Crippen LogP contribution in [-0.4, -0.2) is 54.0 Å². The number of carbonyl (C=O) groups excluding carboxylic acids is 2. The number of likely N-dealkylation sites (N-methyl/N-ethyl adjacent to an activating group) is 1. The zero-order valence-corrected chi connectivity index (χ0v) is 19.3. The molecule has 170 valence electrons. The van der Waals surface area contributed by atoms with E-state index in [1.165, 1.54) is 5.57 Å². The molecule has 0 saturated carbocycles. The van der Waals surface area contributed by atoms with Crippen LogP contribution in [0.1, 0.15) is 65.2 Å². The molecule has 2 rings (SSSR count). The van der Waals surface area contributed by atoms with Gasteiger partial charge in [-0.2, -0.15) is 0 Å². The molecule has 4 unspecified atom stereocenters. The Labute approximate surface area is 184 Å². The van der Waals surface area contributed by atoms with Gasteiger partial charge in [-0.3, -0.25) is 4.79 Å². The average molecular weight is 440 g/mol. The van der Waals surface area contributed by atoms with Crippen molar-refractivity contribution in [3.05, 3.63) is 23.3 Å². The average Bonchev–Trinajstić information content (AvgIpc) is 3.20. The number of esters is 1. The Kier molecular flexibility index (Phi) is 10.6. The molecule has 1 aliphatic carbocycles. The van der Waals surface area contributed by atoms with Crippen LogP contribution in [0.25, 0.3) is 0 Å². The molecule has 30 heavy (non-hydrogen) atoms. The van der Waals surface area contributed by atoms with Crippen molar-refractivity contribution in [1.29, 1.82) is 0 Å². The number of hydrogen-bond donors (Lipinski definition) is 2. The molecule has 1 aliphatic heterocycles. The van der Waals surface area contributed by atoms with E-state index >= 15 is 0 Å². The quantitative estimate of drug-likeness (QED) is 0.272. The summed E-state index contributed by atoms with van der Waals surface area (Å²) in [6, 6.07) is -0.423. The Hall–Kier alpha value is -1.15. The van der Waals surface area contributed by atoms with Gasteiger partial charge < -0.3 is 19.9 Å². The van der Waals surface area contributed by atoms with E-state index in [1.54, 1.807) is 7.05 Å². The SMILES string of the molecule is CCC(C)/C=C\CCC1=C(C(=O)OC2CCOC(O)(C(CSC=O)NC)C2)CCC1.